The molecule has 3 nitrogen and oxygen atoms in total. The Morgan fingerprint density at radius 1 is 1.58 bits per heavy atom. The third-order valence-corrected chi connectivity index (χ3v) is 4.16. The summed E-state index contributed by atoms with van der Waals surface area (Å²) in [6.07, 6.45) is 2.26. The average molecular weight is 329 g/mol. The van der Waals surface area contributed by atoms with Gasteiger partial charge in [0.2, 0.25) is 0 Å². The van der Waals surface area contributed by atoms with Crippen LogP contribution >= 0.6 is 15.9 Å². The highest BCUT2D eigenvalue weighted by atomic mass is 79.9. The molecule has 1 heterocycles. The van der Waals surface area contributed by atoms with Gasteiger partial charge < -0.3 is 9.80 Å². The number of carbonyl (C=O) groups excluding carboxylic acids is 1. The van der Waals surface area contributed by atoms with Gasteiger partial charge in [-0.2, -0.15) is 0 Å². The summed E-state index contributed by atoms with van der Waals surface area (Å²) >= 11 is 3.19. The SMILES string of the molecule is CN(CC1CCCN1C)C(=O)c1ccc(Br)cc1F. The maximum absolute atomic E-state index is 13.8. The van der Waals surface area contributed by atoms with Gasteiger partial charge in [0, 0.05) is 24.1 Å². The van der Waals surface area contributed by atoms with Crippen molar-refractivity contribution in [3.63, 3.8) is 0 Å². The predicted octanol–water partition coefficient (Wildman–Crippen LogP) is 2.75. The Labute approximate surface area is 121 Å². The van der Waals surface area contributed by atoms with Crippen LogP contribution in [0.2, 0.25) is 0 Å². The number of carbonyl (C=O) groups is 1. The molecule has 0 radical (unpaired) electrons. The smallest absolute Gasteiger partial charge is 0.256 e. The molecule has 1 aliphatic rings. The minimum atomic E-state index is -0.481. The van der Waals surface area contributed by atoms with Crippen LogP contribution in [0.4, 0.5) is 4.39 Å². The molecule has 1 aliphatic heterocycles. The van der Waals surface area contributed by atoms with Crippen molar-refractivity contribution in [2.45, 2.75) is 18.9 Å². The van der Waals surface area contributed by atoms with Crippen LogP contribution in [0.1, 0.15) is 23.2 Å². The van der Waals surface area contributed by atoms with Crippen molar-refractivity contribution in [2.75, 3.05) is 27.2 Å². The molecule has 1 unspecified atom stereocenters. The van der Waals surface area contributed by atoms with E-state index in [2.05, 4.69) is 27.9 Å². The zero-order valence-electron chi connectivity index (χ0n) is 11.2. The highest BCUT2D eigenvalue weighted by molar-refractivity contribution is 9.10. The molecule has 1 saturated heterocycles. The molecule has 104 valence electrons. The number of rotatable bonds is 3. The minimum absolute atomic E-state index is 0.131. The van der Waals surface area contributed by atoms with E-state index >= 15 is 0 Å². The van der Waals surface area contributed by atoms with Crippen LogP contribution in [0.25, 0.3) is 0 Å². The van der Waals surface area contributed by atoms with Gasteiger partial charge in [-0.25, -0.2) is 4.39 Å². The highest BCUT2D eigenvalue weighted by Crippen LogP contribution is 2.19. The number of nitrogens with zero attached hydrogens (tertiary/aromatic N) is 2. The van der Waals surface area contributed by atoms with E-state index in [0.29, 0.717) is 17.1 Å². The Kier molecular flexibility index (Phi) is 4.58. The summed E-state index contributed by atoms with van der Waals surface area (Å²) in [5.74, 6) is -0.740. The Hall–Kier alpha value is -0.940. The first-order chi connectivity index (χ1) is 8.99. The van der Waals surface area contributed by atoms with Crippen LogP contribution in [0, 0.1) is 5.82 Å². The molecular weight excluding hydrogens is 311 g/mol. The fraction of sp³-hybridized carbons (Fsp3) is 0.500. The number of likely N-dealkylation sites (tertiary alicyclic amines) is 1. The lowest BCUT2D eigenvalue weighted by Gasteiger charge is -2.26. The summed E-state index contributed by atoms with van der Waals surface area (Å²) in [5, 5.41) is 0. The van der Waals surface area contributed by atoms with Crippen molar-refractivity contribution < 1.29 is 9.18 Å². The summed E-state index contributed by atoms with van der Waals surface area (Å²) in [5.41, 5.74) is 0.131. The first-order valence-electron chi connectivity index (χ1n) is 6.40. The van der Waals surface area contributed by atoms with E-state index in [4.69, 9.17) is 0 Å². The van der Waals surface area contributed by atoms with Gasteiger partial charge in [0.05, 0.1) is 5.56 Å². The average Bonchev–Trinajstić information content (AvgIpc) is 2.74. The van der Waals surface area contributed by atoms with Crippen molar-refractivity contribution in [1.82, 2.24) is 9.80 Å². The lowest BCUT2D eigenvalue weighted by molar-refractivity contribution is 0.0757. The maximum Gasteiger partial charge on any atom is 0.256 e. The van der Waals surface area contributed by atoms with Gasteiger partial charge in [-0.1, -0.05) is 15.9 Å². The molecule has 1 aromatic rings. The largest absolute Gasteiger partial charge is 0.340 e. The van der Waals surface area contributed by atoms with Crippen LogP contribution in [0.3, 0.4) is 0 Å². The fourth-order valence-electron chi connectivity index (χ4n) is 2.48. The molecule has 0 N–H and O–H groups in total. The van der Waals surface area contributed by atoms with Crippen molar-refractivity contribution >= 4 is 21.8 Å². The van der Waals surface area contributed by atoms with Crippen molar-refractivity contribution in [3.05, 3.63) is 34.1 Å². The first-order valence-corrected chi connectivity index (χ1v) is 7.19. The molecule has 0 spiro atoms. The van der Waals surface area contributed by atoms with Gasteiger partial charge in [0.25, 0.3) is 5.91 Å². The summed E-state index contributed by atoms with van der Waals surface area (Å²) in [4.78, 5) is 16.1. The standard InChI is InChI=1S/C14H18BrFN2O/c1-17-7-3-4-11(17)9-18(2)14(19)12-6-5-10(15)8-13(12)16/h5-6,8,11H,3-4,7,9H2,1-2H3. The van der Waals surface area contributed by atoms with E-state index in [9.17, 15) is 9.18 Å². The summed E-state index contributed by atoms with van der Waals surface area (Å²) in [7, 11) is 3.80. The molecule has 0 aromatic heterocycles. The second-order valence-electron chi connectivity index (χ2n) is 5.09. The Balaban J connectivity index is 2.06. The molecule has 0 aliphatic carbocycles. The zero-order valence-corrected chi connectivity index (χ0v) is 12.8. The van der Waals surface area contributed by atoms with E-state index in [1.807, 2.05) is 0 Å². The normalized spacial score (nSPS) is 19.7. The number of likely N-dealkylation sites (N-methyl/N-ethyl adjacent to an activating group) is 2. The molecule has 2 rings (SSSR count). The van der Waals surface area contributed by atoms with Crippen LogP contribution < -0.4 is 0 Å². The van der Waals surface area contributed by atoms with E-state index in [1.54, 1.807) is 18.0 Å². The maximum atomic E-state index is 13.8. The van der Waals surface area contributed by atoms with Gasteiger partial charge >= 0.3 is 0 Å². The molecule has 19 heavy (non-hydrogen) atoms. The molecule has 1 aromatic carbocycles. The number of benzene rings is 1. The van der Waals surface area contributed by atoms with Crippen LogP contribution in [-0.4, -0.2) is 48.9 Å². The predicted molar refractivity (Wildman–Crippen MR) is 76.7 cm³/mol. The van der Waals surface area contributed by atoms with Gasteiger partial charge in [-0.3, -0.25) is 4.79 Å². The van der Waals surface area contributed by atoms with E-state index in [1.165, 1.54) is 12.1 Å². The Morgan fingerprint density at radius 3 is 2.89 bits per heavy atom. The lowest BCUT2D eigenvalue weighted by Crippen LogP contribution is -2.39. The molecule has 1 amide bonds. The van der Waals surface area contributed by atoms with Crippen molar-refractivity contribution in [2.24, 2.45) is 0 Å². The zero-order chi connectivity index (χ0) is 14.0. The monoisotopic (exact) mass is 328 g/mol. The third-order valence-electron chi connectivity index (χ3n) is 3.66. The second kappa shape index (κ2) is 6.01. The van der Waals surface area contributed by atoms with Gasteiger partial charge in [0.1, 0.15) is 5.82 Å². The van der Waals surface area contributed by atoms with Crippen LogP contribution in [-0.2, 0) is 0 Å². The summed E-state index contributed by atoms with van der Waals surface area (Å²) < 4.78 is 14.4. The number of hydrogen-bond acceptors (Lipinski definition) is 2. The van der Waals surface area contributed by atoms with Crippen molar-refractivity contribution in [3.8, 4) is 0 Å². The quantitative estimate of drug-likeness (QED) is 0.851. The Morgan fingerprint density at radius 2 is 2.32 bits per heavy atom. The fourth-order valence-corrected chi connectivity index (χ4v) is 2.81. The number of halogens is 2. The van der Waals surface area contributed by atoms with Crippen LogP contribution in [0.5, 0.6) is 0 Å². The van der Waals surface area contributed by atoms with Gasteiger partial charge in [-0.15, -0.1) is 0 Å². The van der Waals surface area contributed by atoms with Crippen LogP contribution in [0.15, 0.2) is 22.7 Å². The second-order valence-corrected chi connectivity index (χ2v) is 6.00. The number of amides is 1. The molecule has 1 atom stereocenters. The third kappa shape index (κ3) is 3.34. The van der Waals surface area contributed by atoms with E-state index < -0.39 is 5.82 Å². The van der Waals surface area contributed by atoms with Crippen molar-refractivity contribution in [1.29, 1.82) is 0 Å². The van der Waals surface area contributed by atoms with Gasteiger partial charge in [-0.05, 0) is 44.6 Å². The first kappa shape index (κ1) is 14.5. The van der Waals surface area contributed by atoms with E-state index in [-0.39, 0.29) is 11.5 Å². The molecule has 5 heteroatoms. The highest BCUT2D eigenvalue weighted by Gasteiger charge is 2.25. The molecule has 0 saturated carbocycles. The molecular formula is C14H18BrFN2O. The van der Waals surface area contributed by atoms with Gasteiger partial charge in [0.15, 0.2) is 0 Å². The lowest BCUT2D eigenvalue weighted by atomic mass is 10.1. The number of hydrogen-bond donors (Lipinski definition) is 0. The molecule has 1 fully saturated rings. The Bertz CT molecular complexity index is 481. The molecule has 0 bridgehead atoms. The minimum Gasteiger partial charge on any atom is -0.340 e. The summed E-state index contributed by atoms with van der Waals surface area (Å²) in [6, 6.07) is 4.91. The summed E-state index contributed by atoms with van der Waals surface area (Å²) in [6.45, 7) is 1.71. The topological polar surface area (TPSA) is 23.6 Å². The van der Waals surface area contributed by atoms with E-state index in [0.717, 1.165) is 19.4 Å².